The van der Waals surface area contributed by atoms with Gasteiger partial charge in [0.15, 0.2) is 0 Å². The first-order chi connectivity index (χ1) is 8.46. The Hall–Kier alpha value is -1.88. The zero-order valence-corrected chi connectivity index (χ0v) is 9.22. The summed E-state index contributed by atoms with van der Waals surface area (Å²) in [5, 5.41) is 10.1. The molecule has 0 saturated carbocycles. The minimum Gasteiger partial charge on any atom is -0.371 e. The van der Waals surface area contributed by atoms with Crippen molar-refractivity contribution in [3.8, 4) is 0 Å². The van der Waals surface area contributed by atoms with Crippen molar-refractivity contribution in [3.05, 3.63) is 66.0 Å². The SMILES string of the molecule is O[C@@](c1ccccc1)(c1ccccn1)C(F)(F)F. The quantitative estimate of drug-likeness (QED) is 0.892. The van der Waals surface area contributed by atoms with Crippen molar-refractivity contribution in [3.63, 3.8) is 0 Å². The monoisotopic (exact) mass is 253 g/mol. The molecule has 0 unspecified atom stereocenters. The molecule has 1 aromatic heterocycles. The summed E-state index contributed by atoms with van der Waals surface area (Å²) < 4.78 is 39.6. The predicted octanol–water partition coefficient (Wildman–Crippen LogP) is 2.88. The van der Waals surface area contributed by atoms with Crippen LogP contribution >= 0.6 is 0 Å². The van der Waals surface area contributed by atoms with Crippen molar-refractivity contribution >= 4 is 0 Å². The zero-order chi connectivity index (χ0) is 13.2. The molecule has 2 aromatic rings. The van der Waals surface area contributed by atoms with Gasteiger partial charge in [0.2, 0.25) is 5.60 Å². The number of aromatic nitrogens is 1. The normalized spacial score (nSPS) is 15.1. The Morgan fingerprint density at radius 2 is 1.50 bits per heavy atom. The van der Waals surface area contributed by atoms with E-state index in [2.05, 4.69) is 4.98 Å². The van der Waals surface area contributed by atoms with Gasteiger partial charge in [-0.15, -0.1) is 0 Å². The molecule has 0 saturated heterocycles. The molecule has 0 aliphatic carbocycles. The van der Waals surface area contributed by atoms with Crippen LogP contribution in [0.15, 0.2) is 54.7 Å². The lowest BCUT2D eigenvalue weighted by Crippen LogP contribution is -2.44. The van der Waals surface area contributed by atoms with Gasteiger partial charge >= 0.3 is 6.18 Å². The van der Waals surface area contributed by atoms with Gasteiger partial charge < -0.3 is 5.11 Å². The third-order valence-corrected chi connectivity index (χ3v) is 2.64. The van der Waals surface area contributed by atoms with E-state index in [1.807, 2.05) is 0 Å². The summed E-state index contributed by atoms with van der Waals surface area (Å²) in [5.41, 5.74) is -3.78. The lowest BCUT2D eigenvalue weighted by atomic mass is 9.89. The number of alkyl halides is 3. The third-order valence-electron chi connectivity index (χ3n) is 2.64. The molecular formula is C13H10F3NO. The maximum atomic E-state index is 13.2. The molecule has 94 valence electrons. The van der Waals surface area contributed by atoms with Gasteiger partial charge in [0.05, 0.1) is 5.69 Å². The van der Waals surface area contributed by atoms with E-state index in [1.165, 1.54) is 42.6 Å². The molecule has 0 aliphatic rings. The highest BCUT2D eigenvalue weighted by Gasteiger charge is 2.57. The Labute approximate surface area is 102 Å². The van der Waals surface area contributed by atoms with Crippen LogP contribution in [0, 0.1) is 0 Å². The van der Waals surface area contributed by atoms with Gasteiger partial charge in [-0.3, -0.25) is 4.98 Å². The van der Waals surface area contributed by atoms with Crippen LogP contribution in [0.5, 0.6) is 0 Å². The number of pyridine rings is 1. The number of aliphatic hydroxyl groups is 1. The number of halogens is 3. The summed E-state index contributed by atoms with van der Waals surface area (Å²) in [5.74, 6) is 0. The second-order valence-corrected chi connectivity index (χ2v) is 3.79. The van der Waals surface area contributed by atoms with Crippen molar-refractivity contribution in [1.82, 2.24) is 4.98 Å². The van der Waals surface area contributed by atoms with E-state index in [0.717, 1.165) is 6.07 Å². The molecule has 0 radical (unpaired) electrons. The minimum atomic E-state index is -4.84. The van der Waals surface area contributed by atoms with E-state index < -0.39 is 17.5 Å². The van der Waals surface area contributed by atoms with Crippen molar-refractivity contribution < 1.29 is 18.3 Å². The summed E-state index contributed by atoms with van der Waals surface area (Å²) in [6, 6.07) is 11.0. The van der Waals surface area contributed by atoms with Crippen LogP contribution in [0.3, 0.4) is 0 Å². The number of hydrogen-bond donors (Lipinski definition) is 1. The molecule has 0 amide bonds. The molecule has 0 fully saturated rings. The fraction of sp³-hybridized carbons (Fsp3) is 0.154. The number of nitrogens with zero attached hydrogens (tertiary/aromatic N) is 1. The molecule has 0 spiro atoms. The predicted molar refractivity (Wildman–Crippen MR) is 59.7 cm³/mol. The first kappa shape index (κ1) is 12.6. The Balaban J connectivity index is 2.63. The maximum Gasteiger partial charge on any atom is 0.427 e. The van der Waals surface area contributed by atoms with Crippen molar-refractivity contribution in [1.29, 1.82) is 0 Å². The van der Waals surface area contributed by atoms with E-state index in [0.29, 0.717) is 0 Å². The number of benzene rings is 1. The van der Waals surface area contributed by atoms with Crippen molar-refractivity contribution in [2.45, 2.75) is 11.8 Å². The molecule has 1 atom stereocenters. The second-order valence-electron chi connectivity index (χ2n) is 3.79. The standard InChI is InChI=1S/C13H10F3NO/c14-13(15,16)12(18,10-6-2-1-3-7-10)11-8-4-5-9-17-11/h1-9,18H/t12-/m0/s1. The Morgan fingerprint density at radius 3 is 2.00 bits per heavy atom. The van der Waals surface area contributed by atoms with E-state index in [-0.39, 0.29) is 5.56 Å². The van der Waals surface area contributed by atoms with Crippen molar-refractivity contribution in [2.24, 2.45) is 0 Å². The van der Waals surface area contributed by atoms with Gasteiger partial charge in [-0.1, -0.05) is 36.4 Å². The highest BCUT2D eigenvalue weighted by molar-refractivity contribution is 5.34. The van der Waals surface area contributed by atoms with Crippen LogP contribution in [0.2, 0.25) is 0 Å². The largest absolute Gasteiger partial charge is 0.427 e. The van der Waals surface area contributed by atoms with E-state index in [4.69, 9.17) is 0 Å². The molecule has 2 rings (SSSR count). The van der Waals surface area contributed by atoms with Crippen LogP contribution < -0.4 is 0 Å². The minimum absolute atomic E-state index is 0.254. The van der Waals surface area contributed by atoms with Crippen LogP contribution in [-0.4, -0.2) is 16.3 Å². The topological polar surface area (TPSA) is 33.1 Å². The average molecular weight is 253 g/mol. The smallest absolute Gasteiger partial charge is 0.371 e. The second kappa shape index (κ2) is 4.42. The lowest BCUT2D eigenvalue weighted by molar-refractivity contribution is -0.249. The zero-order valence-electron chi connectivity index (χ0n) is 9.22. The molecule has 0 aliphatic heterocycles. The molecule has 2 nitrogen and oxygen atoms in total. The van der Waals surface area contributed by atoms with Gasteiger partial charge in [-0.2, -0.15) is 13.2 Å². The summed E-state index contributed by atoms with van der Waals surface area (Å²) >= 11 is 0. The fourth-order valence-corrected chi connectivity index (χ4v) is 1.71. The molecule has 18 heavy (non-hydrogen) atoms. The van der Waals surface area contributed by atoms with Gasteiger partial charge in [-0.05, 0) is 17.7 Å². The van der Waals surface area contributed by atoms with Crippen LogP contribution in [0.4, 0.5) is 13.2 Å². The number of rotatable bonds is 2. The molecule has 1 aromatic carbocycles. The molecule has 0 bridgehead atoms. The molecular weight excluding hydrogens is 243 g/mol. The Morgan fingerprint density at radius 1 is 0.889 bits per heavy atom. The number of hydrogen-bond acceptors (Lipinski definition) is 2. The van der Waals surface area contributed by atoms with E-state index in [1.54, 1.807) is 6.07 Å². The van der Waals surface area contributed by atoms with E-state index in [9.17, 15) is 18.3 Å². The highest BCUT2D eigenvalue weighted by atomic mass is 19.4. The molecule has 1 heterocycles. The first-order valence-corrected chi connectivity index (χ1v) is 5.22. The van der Waals surface area contributed by atoms with Crippen molar-refractivity contribution in [2.75, 3.05) is 0 Å². The van der Waals surface area contributed by atoms with E-state index >= 15 is 0 Å². The summed E-state index contributed by atoms with van der Waals surface area (Å²) in [7, 11) is 0. The Bertz CT molecular complexity index is 471. The maximum absolute atomic E-state index is 13.2. The molecule has 1 N–H and O–H groups in total. The Kier molecular flexibility index (Phi) is 3.09. The van der Waals surface area contributed by atoms with Crippen LogP contribution in [0.25, 0.3) is 0 Å². The summed E-state index contributed by atoms with van der Waals surface area (Å²) in [6.07, 6.45) is -3.63. The van der Waals surface area contributed by atoms with Gasteiger partial charge in [-0.25, -0.2) is 0 Å². The van der Waals surface area contributed by atoms with Gasteiger partial charge in [0, 0.05) is 6.20 Å². The average Bonchev–Trinajstić information content (AvgIpc) is 2.38. The first-order valence-electron chi connectivity index (χ1n) is 5.22. The third kappa shape index (κ3) is 1.97. The summed E-state index contributed by atoms with van der Waals surface area (Å²) in [6.45, 7) is 0. The fourth-order valence-electron chi connectivity index (χ4n) is 1.71. The highest BCUT2D eigenvalue weighted by Crippen LogP contribution is 2.43. The lowest BCUT2D eigenvalue weighted by Gasteiger charge is -2.30. The van der Waals surface area contributed by atoms with Gasteiger partial charge in [0.1, 0.15) is 0 Å². The summed E-state index contributed by atoms with van der Waals surface area (Å²) in [4.78, 5) is 3.62. The van der Waals surface area contributed by atoms with Crippen LogP contribution in [0.1, 0.15) is 11.3 Å². The van der Waals surface area contributed by atoms with Crippen LogP contribution in [-0.2, 0) is 5.60 Å². The molecule has 5 heteroatoms. The van der Waals surface area contributed by atoms with Gasteiger partial charge in [0.25, 0.3) is 0 Å².